The highest BCUT2D eigenvalue weighted by molar-refractivity contribution is 9.10. The van der Waals surface area contributed by atoms with E-state index in [1.54, 1.807) is 0 Å². The molecule has 0 spiro atoms. The first kappa shape index (κ1) is 17.7. The average Bonchev–Trinajstić information content (AvgIpc) is 2.60. The number of halogens is 1. The topological polar surface area (TPSA) is 24.1 Å². The quantitative estimate of drug-likeness (QED) is 0.733. The average molecular weight is 387 g/mol. The summed E-state index contributed by atoms with van der Waals surface area (Å²) < 4.78 is 1.14. The van der Waals surface area contributed by atoms with Gasteiger partial charge in [0, 0.05) is 29.6 Å². The summed E-state index contributed by atoms with van der Waals surface area (Å²) in [7, 11) is 0. The van der Waals surface area contributed by atoms with E-state index < -0.39 is 0 Å². The van der Waals surface area contributed by atoms with Crippen molar-refractivity contribution >= 4 is 15.9 Å². The van der Waals surface area contributed by atoms with Crippen LogP contribution in [0.2, 0.25) is 0 Å². The Morgan fingerprint density at radius 2 is 1.50 bits per heavy atom. The molecule has 24 heavy (non-hydrogen) atoms. The Labute approximate surface area is 154 Å². The number of hydrogen-bond donors (Lipinski definition) is 2. The predicted molar refractivity (Wildman–Crippen MR) is 105 cm³/mol. The zero-order valence-corrected chi connectivity index (χ0v) is 16.0. The van der Waals surface area contributed by atoms with Crippen LogP contribution in [0.15, 0.2) is 53.0 Å². The number of rotatable bonds is 6. The molecule has 1 aliphatic carbocycles. The van der Waals surface area contributed by atoms with E-state index in [-0.39, 0.29) is 0 Å². The van der Waals surface area contributed by atoms with E-state index in [1.807, 2.05) is 0 Å². The number of benzene rings is 2. The fourth-order valence-electron chi connectivity index (χ4n) is 3.54. The van der Waals surface area contributed by atoms with E-state index in [4.69, 9.17) is 0 Å². The van der Waals surface area contributed by atoms with Crippen LogP contribution in [0, 0.1) is 6.92 Å². The molecular formula is C21H27BrN2. The van der Waals surface area contributed by atoms with Crippen LogP contribution in [0.1, 0.15) is 42.4 Å². The van der Waals surface area contributed by atoms with Crippen molar-refractivity contribution < 1.29 is 0 Å². The molecule has 2 nitrogen and oxygen atoms in total. The van der Waals surface area contributed by atoms with Crippen LogP contribution in [-0.2, 0) is 13.1 Å². The van der Waals surface area contributed by atoms with Gasteiger partial charge in [-0.1, -0.05) is 70.7 Å². The zero-order chi connectivity index (χ0) is 16.8. The highest BCUT2D eigenvalue weighted by Crippen LogP contribution is 2.20. The van der Waals surface area contributed by atoms with Crippen molar-refractivity contribution in [3.8, 4) is 0 Å². The fraction of sp³-hybridized carbons (Fsp3) is 0.429. The molecule has 2 aromatic rings. The summed E-state index contributed by atoms with van der Waals surface area (Å²) in [6.45, 7) is 4.07. The molecule has 0 heterocycles. The largest absolute Gasteiger partial charge is 0.308 e. The van der Waals surface area contributed by atoms with Gasteiger partial charge in [0.1, 0.15) is 0 Å². The maximum absolute atomic E-state index is 3.79. The Balaban J connectivity index is 1.53. The SMILES string of the molecule is Cc1cccc(CNC2CCCCC2NCc2ccc(Br)cc2)c1. The number of aryl methyl sites for hydroxylation is 1. The molecule has 2 atom stereocenters. The first-order valence-electron chi connectivity index (χ1n) is 8.97. The van der Waals surface area contributed by atoms with Gasteiger partial charge in [-0.05, 0) is 43.0 Å². The third-order valence-electron chi connectivity index (χ3n) is 4.90. The maximum atomic E-state index is 3.79. The van der Waals surface area contributed by atoms with Crippen LogP contribution in [0.4, 0.5) is 0 Å². The van der Waals surface area contributed by atoms with Crippen LogP contribution in [0.5, 0.6) is 0 Å². The fourth-order valence-corrected chi connectivity index (χ4v) is 3.81. The molecule has 1 aliphatic rings. The maximum Gasteiger partial charge on any atom is 0.0224 e. The summed E-state index contributed by atoms with van der Waals surface area (Å²) >= 11 is 3.50. The van der Waals surface area contributed by atoms with Crippen molar-refractivity contribution in [3.05, 3.63) is 69.7 Å². The minimum absolute atomic E-state index is 0.562. The molecule has 2 N–H and O–H groups in total. The Kier molecular flexibility index (Phi) is 6.47. The molecule has 0 saturated heterocycles. The van der Waals surface area contributed by atoms with E-state index in [9.17, 15) is 0 Å². The molecule has 2 unspecified atom stereocenters. The summed E-state index contributed by atoms with van der Waals surface area (Å²) in [5, 5.41) is 7.57. The highest BCUT2D eigenvalue weighted by atomic mass is 79.9. The summed E-state index contributed by atoms with van der Waals surface area (Å²) in [5.74, 6) is 0. The molecule has 2 aromatic carbocycles. The lowest BCUT2D eigenvalue weighted by atomic mass is 9.90. The summed E-state index contributed by atoms with van der Waals surface area (Å²) in [6.07, 6.45) is 5.20. The van der Waals surface area contributed by atoms with E-state index in [1.165, 1.54) is 42.4 Å². The third kappa shape index (κ3) is 5.17. The van der Waals surface area contributed by atoms with Crippen molar-refractivity contribution in [2.45, 2.75) is 57.8 Å². The van der Waals surface area contributed by atoms with Gasteiger partial charge in [-0.2, -0.15) is 0 Å². The van der Waals surface area contributed by atoms with Gasteiger partial charge in [-0.3, -0.25) is 0 Å². The van der Waals surface area contributed by atoms with Crippen LogP contribution in [0.25, 0.3) is 0 Å². The number of hydrogen-bond acceptors (Lipinski definition) is 2. The zero-order valence-electron chi connectivity index (χ0n) is 14.4. The van der Waals surface area contributed by atoms with Gasteiger partial charge < -0.3 is 10.6 Å². The van der Waals surface area contributed by atoms with Crippen molar-refractivity contribution in [2.75, 3.05) is 0 Å². The molecule has 0 radical (unpaired) electrons. The van der Waals surface area contributed by atoms with Crippen molar-refractivity contribution in [3.63, 3.8) is 0 Å². The van der Waals surface area contributed by atoms with Gasteiger partial charge >= 0.3 is 0 Å². The molecule has 1 fully saturated rings. The van der Waals surface area contributed by atoms with Crippen molar-refractivity contribution in [1.29, 1.82) is 0 Å². The molecule has 0 bridgehead atoms. The van der Waals surface area contributed by atoms with Crippen LogP contribution < -0.4 is 10.6 Å². The first-order valence-corrected chi connectivity index (χ1v) is 9.77. The van der Waals surface area contributed by atoms with Gasteiger partial charge in [0.2, 0.25) is 0 Å². The van der Waals surface area contributed by atoms with E-state index in [0.717, 1.165) is 17.6 Å². The molecule has 3 rings (SSSR count). The summed E-state index contributed by atoms with van der Waals surface area (Å²) in [6, 6.07) is 18.5. The van der Waals surface area contributed by atoms with Crippen molar-refractivity contribution in [1.82, 2.24) is 10.6 Å². The molecule has 0 aromatic heterocycles. The summed E-state index contributed by atoms with van der Waals surface area (Å²) in [5.41, 5.74) is 4.07. The lowest BCUT2D eigenvalue weighted by molar-refractivity contribution is 0.281. The molecule has 128 valence electrons. The lowest BCUT2D eigenvalue weighted by Gasteiger charge is -2.33. The number of nitrogens with one attached hydrogen (secondary N) is 2. The van der Waals surface area contributed by atoms with Gasteiger partial charge in [0.05, 0.1) is 0 Å². The predicted octanol–water partition coefficient (Wildman–Crippen LogP) is 4.95. The van der Waals surface area contributed by atoms with Gasteiger partial charge in [-0.15, -0.1) is 0 Å². The monoisotopic (exact) mass is 386 g/mol. The van der Waals surface area contributed by atoms with E-state index in [0.29, 0.717) is 12.1 Å². The normalized spacial score (nSPS) is 20.9. The second-order valence-electron chi connectivity index (χ2n) is 6.87. The Bertz CT molecular complexity index is 639. The standard InChI is InChI=1S/C21H27BrN2/c1-16-5-4-6-18(13-16)15-24-21-8-3-2-7-20(21)23-14-17-9-11-19(22)12-10-17/h4-6,9-13,20-21,23-24H,2-3,7-8,14-15H2,1H3. The van der Waals surface area contributed by atoms with Gasteiger partial charge in [0.25, 0.3) is 0 Å². The second kappa shape index (κ2) is 8.80. The Morgan fingerprint density at radius 3 is 2.12 bits per heavy atom. The molecular weight excluding hydrogens is 360 g/mol. The first-order chi connectivity index (χ1) is 11.7. The molecule has 3 heteroatoms. The second-order valence-corrected chi connectivity index (χ2v) is 7.79. The molecule has 0 aliphatic heterocycles. The van der Waals surface area contributed by atoms with Crippen molar-refractivity contribution in [2.24, 2.45) is 0 Å². The van der Waals surface area contributed by atoms with Crippen LogP contribution in [0.3, 0.4) is 0 Å². The minimum Gasteiger partial charge on any atom is -0.308 e. The van der Waals surface area contributed by atoms with E-state index >= 15 is 0 Å². The minimum atomic E-state index is 0.562. The Morgan fingerprint density at radius 1 is 0.875 bits per heavy atom. The van der Waals surface area contributed by atoms with Gasteiger partial charge in [0.15, 0.2) is 0 Å². The lowest BCUT2D eigenvalue weighted by Crippen LogP contribution is -2.49. The molecule has 1 saturated carbocycles. The van der Waals surface area contributed by atoms with E-state index in [2.05, 4.69) is 82.0 Å². The molecule has 0 amide bonds. The van der Waals surface area contributed by atoms with Crippen LogP contribution >= 0.6 is 15.9 Å². The third-order valence-corrected chi connectivity index (χ3v) is 5.43. The Hall–Kier alpha value is -1.16. The van der Waals surface area contributed by atoms with Crippen LogP contribution in [-0.4, -0.2) is 12.1 Å². The highest BCUT2D eigenvalue weighted by Gasteiger charge is 2.24. The smallest absolute Gasteiger partial charge is 0.0224 e. The summed E-state index contributed by atoms with van der Waals surface area (Å²) in [4.78, 5) is 0. The van der Waals surface area contributed by atoms with Gasteiger partial charge in [-0.25, -0.2) is 0 Å².